The van der Waals surface area contributed by atoms with Crippen molar-refractivity contribution in [3.8, 4) is 0 Å². The van der Waals surface area contributed by atoms with Gasteiger partial charge in [0, 0.05) is 12.2 Å². The molecule has 1 aliphatic carbocycles. The summed E-state index contributed by atoms with van der Waals surface area (Å²) < 4.78 is 5.50. The van der Waals surface area contributed by atoms with Gasteiger partial charge in [0.1, 0.15) is 6.04 Å². The van der Waals surface area contributed by atoms with E-state index in [1.807, 2.05) is 13.0 Å². The zero-order valence-electron chi connectivity index (χ0n) is 11.6. The standard InChI is InChI=1S/C15H20N2O2.ClH/c1-10-14(16-7-8-19-10)15(18)17-13-6-5-11-3-2-4-12(11)9-13;/h5-6,9-10,14,16H,2-4,7-8H2,1H3,(H,17,18);1H/t10-,14+;/m1./s1. The lowest BCUT2D eigenvalue weighted by molar-refractivity contribution is -0.123. The normalized spacial score (nSPS) is 24.6. The highest BCUT2D eigenvalue weighted by Crippen LogP contribution is 2.25. The van der Waals surface area contributed by atoms with Crippen molar-refractivity contribution in [2.75, 3.05) is 18.5 Å². The molecule has 110 valence electrons. The van der Waals surface area contributed by atoms with Crippen LogP contribution >= 0.6 is 12.4 Å². The maximum atomic E-state index is 12.2. The molecule has 0 bridgehead atoms. The van der Waals surface area contributed by atoms with Gasteiger partial charge >= 0.3 is 0 Å². The summed E-state index contributed by atoms with van der Waals surface area (Å²) in [5, 5.41) is 6.19. The van der Waals surface area contributed by atoms with Crippen LogP contribution in [0.1, 0.15) is 24.5 Å². The number of halogens is 1. The number of hydrogen-bond acceptors (Lipinski definition) is 3. The predicted octanol–water partition coefficient (Wildman–Crippen LogP) is 1.91. The number of amides is 1. The van der Waals surface area contributed by atoms with E-state index in [9.17, 15) is 4.79 Å². The van der Waals surface area contributed by atoms with Gasteiger partial charge in [0.2, 0.25) is 5.91 Å². The number of benzene rings is 1. The van der Waals surface area contributed by atoms with E-state index in [2.05, 4.69) is 22.8 Å². The summed E-state index contributed by atoms with van der Waals surface area (Å²) in [6.45, 7) is 3.33. The first-order valence-electron chi connectivity index (χ1n) is 7.02. The Balaban J connectivity index is 0.00000147. The van der Waals surface area contributed by atoms with Gasteiger partial charge in [-0.05, 0) is 49.4 Å². The fourth-order valence-corrected chi connectivity index (χ4v) is 2.90. The third kappa shape index (κ3) is 3.14. The average Bonchev–Trinajstić information content (AvgIpc) is 2.86. The molecule has 1 heterocycles. The number of hydrogen-bond donors (Lipinski definition) is 2. The molecule has 0 radical (unpaired) electrons. The van der Waals surface area contributed by atoms with Gasteiger partial charge in [0.05, 0.1) is 12.7 Å². The van der Waals surface area contributed by atoms with E-state index in [-0.39, 0.29) is 30.5 Å². The van der Waals surface area contributed by atoms with Crippen molar-refractivity contribution in [1.29, 1.82) is 0 Å². The number of rotatable bonds is 2. The van der Waals surface area contributed by atoms with Crippen molar-refractivity contribution in [2.45, 2.75) is 38.3 Å². The van der Waals surface area contributed by atoms with E-state index in [0.717, 1.165) is 18.7 Å². The van der Waals surface area contributed by atoms with Crippen molar-refractivity contribution in [1.82, 2.24) is 5.32 Å². The number of ether oxygens (including phenoxy) is 1. The van der Waals surface area contributed by atoms with Gasteiger partial charge in [-0.1, -0.05) is 6.07 Å². The number of aryl methyl sites for hydroxylation is 2. The first kappa shape index (κ1) is 15.3. The molecule has 0 aromatic heterocycles. The number of fused-ring (bicyclic) bond motifs is 1. The van der Waals surface area contributed by atoms with Gasteiger partial charge in [0.25, 0.3) is 0 Å². The number of morpholine rings is 1. The van der Waals surface area contributed by atoms with Gasteiger partial charge in [-0.15, -0.1) is 12.4 Å². The maximum Gasteiger partial charge on any atom is 0.244 e. The molecule has 1 saturated heterocycles. The lowest BCUT2D eigenvalue weighted by atomic mass is 10.1. The Hall–Kier alpha value is -1.10. The predicted molar refractivity (Wildman–Crippen MR) is 81.5 cm³/mol. The Morgan fingerprint density at radius 3 is 2.95 bits per heavy atom. The number of carbonyl (C=O) groups excluding carboxylic acids is 1. The molecule has 0 saturated carbocycles. The SMILES string of the molecule is C[C@H]1OCCN[C@@H]1C(=O)Nc1ccc2c(c1)CCC2.Cl. The fourth-order valence-electron chi connectivity index (χ4n) is 2.90. The molecule has 1 fully saturated rings. The quantitative estimate of drug-likeness (QED) is 0.876. The number of anilines is 1. The van der Waals surface area contributed by atoms with Crippen molar-refractivity contribution in [2.24, 2.45) is 0 Å². The second kappa shape index (κ2) is 6.57. The second-order valence-corrected chi connectivity index (χ2v) is 5.33. The van der Waals surface area contributed by atoms with Crippen LogP contribution < -0.4 is 10.6 Å². The van der Waals surface area contributed by atoms with Crippen LogP contribution in [0.25, 0.3) is 0 Å². The number of carbonyl (C=O) groups is 1. The third-order valence-corrected chi connectivity index (χ3v) is 3.96. The Kier molecular flexibility index (Phi) is 5.02. The zero-order valence-corrected chi connectivity index (χ0v) is 12.5. The van der Waals surface area contributed by atoms with E-state index in [1.54, 1.807) is 0 Å². The van der Waals surface area contributed by atoms with E-state index < -0.39 is 0 Å². The van der Waals surface area contributed by atoms with Gasteiger partial charge < -0.3 is 15.4 Å². The average molecular weight is 297 g/mol. The Morgan fingerprint density at radius 2 is 2.15 bits per heavy atom. The summed E-state index contributed by atoms with van der Waals surface area (Å²) in [5.41, 5.74) is 3.69. The van der Waals surface area contributed by atoms with Crippen molar-refractivity contribution < 1.29 is 9.53 Å². The van der Waals surface area contributed by atoms with Crippen LogP contribution in [0.3, 0.4) is 0 Å². The molecule has 2 N–H and O–H groups in total. The topological polar surface area (TPSA) is 50.4 Å². The molecule has 0 spiro atoms. The first-order chi connectivity index (χ1) is 9.24. The summed E-state index contributed by atoms with van der Waals surface area (Å²) in [6, 6.07) is 5.97. The maximum absolute atomic E-state index is 12.2. The molecular formula is C15H21ClN2O2. The van der Waals surface area contributed by atoms with Crippen LogP contribution in [-0.2, 0) is 22.4 Å². The smallest absolute Gasteiger partial charge is 0.244 e. The highest BCUT2D eigenvalue weighted by molar-refractivity contribution is 5.95. The van der Waals surface area contributed by atoms with E-state index in [0.29, 0.717) is 6.61 Å². The van der Waals surface area contributed by atoms with Gasteiger partial charge in [-0.2, -0.15) is 0 Å². The minimum atomic E-state index is -0.262. The molecule has 1 aliphatic heterocycles. The lowest BCUT2D eigenvalue weighted by Crippen LogP contribution is -2.53. The summed E-state index contributed by atoms with van der Waals surface area (Å²) in [5.74, 6) is -0.00912. The summed E-state index contributed by atoms with van der Waals surface area (Å²) in [6.07, 6.45) is 3.43. The molecule has 1 amide bonds. The molecule has 0 unspecified atom stereocenters. The van der Waals surface area contributed by atoms with Crippen molar-refractivity contribution >= 4 is 24.0 Å². The zero-order chi connectivity index (χ0) is 13.2. The van der Waals surface area contributed by atoms with Crippen LogP contribution in [0, 0.1) is 0 Å². The van der Waals surface area contributed by atoms with Crippen LogP contribution in [-0.4, -0.2) is 31.2 Å². The largest absolute Gasteiger partial charge is 0.375 e. The van der Waals surface area contributed by atoms with Crippen LogP contribution in [0.2, 0.25) is 0 Å². The van der Waals surface area contributed by atoms with E-state index in [1.165, 1.54) is 24.0 Å². The molecule has 2 atom stereocenters. The van der Waals surface area contributed by atoms with Gasteiger partial charge in [0.15, 0.2) is 0 Å². The molecule has 4 nitrogen and oxygen atoms in total. The highest BCUT2D eigenvalue weighted by atomic mass is 35.5. The fraction of sp³-hybridized carbons (Fsp3) is 0.533. The van der Waals surface area contributed by atoms with Crippen molar-refractivity contribution in [3.63, 3.8) is 0 Å². The van der Waals surface area contributed by atoms with E-state index >= 15 is 0 Å². The van der Waals surface area contributed by atoms with Crippen LogP contribution in [0.5, 0.6) is 0 Å². The molecule has 3 rings (SSSR count). The van der Waals surface area contributed by atoms with Crippen LogP contribution in [0.15, 0.2) is 18.2 Å². The Labute approximate surface area is 125 Å². The summed E-state index contributed by atoms with van der Waals surface area (Å²) in [7, 11) is 0. The number of nitrogens with one attached hydrogen (secondary N) is 2. The Morgan fingerprint density at radius 1 is 1.35 bits per heavy atom. The minimum absolute atomic E-state index is 0. The minimum Gasteiger partial charge on any atom is -0.375 e. The molecule has 1 aromatic rings. The molecule has 20 heavy (non-hydrogen) atoms. The van der Waals surface area contributed by atoms with Gasteiger partial charge in [-0.25, -0.2) is 0 Å². The van der Waals surface area contributed by atoms with Crippen LogP contribution in [0.4, 0.5) is 5.69 Å². The third-order valence-electron chi connectivity index (χ3n) is 3.96. The monoisotopic (exact) mass is 296 g/mol. The van der Waals surface area contributed by atoms with Crippen molar-refractivity contribution in [3.05, 3.63) is 29.3 Å². The second-order valence-electron chi connectivity index (χ2n) is 5.33. The highest BCUT2D eigenvalue weighted by Gasteiger charge is 2.28. The van der Waals surface area contributed by atoms with Gasteiger partial charge in [-0.3, -0.25) is 4.79 Å². The Bertz CT molecular complexity index is 493. The summed E-state index contributed by atoms with van der Waals surface area (Å²) in [4.78, 5) is 12.2. The molecule has 1 aromatic carbocycles. The first-order valence-corrected chi connectivity index (χ1v) is 7.02. The molecule has 2 aliphatic rings. The van der Waals surface area contributed by atoms with E-state index in [4.69, 9.17) is 4.74 Å². The molecule has 5 heteroatoms. The summed E-state index contributed by atoms with van der Waals surface area (Å²) >= 11 is 0. The molecular weight excluding hydrogens is 276 g/mol. The lowest BCUT2D eigenvalue weighted by Gasteiger charge is -2.29.